The lowest BCUT2D eigenvalue weighted by atomic mass is 9.78. The van der Waals surface area contributed by atoms with Gasteiger partial charge in [-0.3, -0.25) is 0 Å². The van der Waals surface area contributed by atoms with Crippen LogP contribution in [0.25, 0.3) is 0 Å². The van der Waals surface area contributed by atoms with E-state index in [0.717, 1.165) is 22.4 Å². The zero-order chi connectivity index (χ0) is 17.2. The lowest BCUT2D eigenvalue weighted by molar-refractivity contribution is 0.210. The number of urea groups is 1. The normalized spacial score (nSPS) is 15.9. The molecular weight excluding hydrogens is 298 g/mol. The van der Waals surface area contributed by atoms with Crippen LogP contribution in [0.3, 0.4) is 0 Å². The van der Waals surface area contributed by atoms with E-state index in [1.807, 2.05) is 62.4 Å². The Kier molecular flexibility index (Phi) is 4.26. The molecule has 1 aliphatic rings. The third kappa shape index (κ3) is 2.98. The summed E-state index contributed by atoms with van der Waals surface area (Å²) in [6.45, 7) is 5.20. The summed E-state index contributed by atoms with van der Waals surface area (Å²) in [5.41, 5.74) is 3.32. The van der Waals surface area contributed by atoms with Crippen LogP contribution < -0.4 is 5.32 Å². The number of benzene rings is 2. The van der Waals surface area contributed by atoms with E-state index in [9.17, 15) is 10.1 Å². The number of anilines is 1. The zero-order valence-corrected chi connectivity index (χ0v) is 14.0. The molecule has 24 heavy (non-hydrogen) atoms. The monoisotopic (exact) mass is 319 g/mol. The van der Waals surface area contributed by atoms with Gasteiger partial charge in [0, 0.05) is 18.8 Å². The fourth-order valence-electron chi connectivity index (χ4n) is 3.11. The van der Waals surface area contributed by atoms with Crippen LogP contribution in [0.2, 0.25) is 0 Å². The first-order valence-corrected chi connectivity index (χ1v) is 8.20. The molecule has 122 valence electrons. The molecule has 2 amide bonds. The molecule has 0 spiro atoms. The van der Waals surface area contributed by atoms with Crippen LogP contribution in [-0.4, -0.2) is 17.5 Å². The number of amides is 2. The molecule has 0 fully saturated rings. The van der Waals surface area contributed by atoms with Crippen molar-refractivity contribution in [2.75, 3.05) is 11.9 Å². The SMILES string of the molecule is CCN1Cc2ccc([C@@](C)(C#N)Cc3ccccc3)cc2NC1=O. The van der Waals surface area contributed by atoms with E-state index in [1.165, 1.54) is 0 Å². The van der Waals surface area contributed by atoms with E-state index in [4.69, 9.17) is 0 Å². The van der Waals surface area contributed by atoms with Crippen molar-refractivity contribution >= 4 is 11.7 Å². The fourth-order valence-corrected chi connectivity index (χ4v) is 3.11. The second-order valence-corrected chi connectivity index (χ2v) is 6.42. The van der Waals surface area contributed by atoms with E-state index in [1.54, 1.807) is 4.90 Å². The van der Waals surface area contributed by atoms with Crippen LogP contribution in [-0.2, 0) is 18.4 Å². The first-order valence-electron chi connectivity index (χ1n) is 8.20. The number of hydrogen-bond acceptors (Lipinski definition) is 2. The maximum absolute atomic E-state index is 12.1. The Labute approximate surface area is 142 Å². The number of nitriles is 1. The molecule has 2 aromatic rings. The summed E-state index contributed by atoms with van der Waals surface area (Å²) in [6.07, 6.45) is 0.637. The third-order valence-electron chi connectivity index (χ3n) is 4.67. The summed E-state index contributed by atoms with van der Waals surface area (Å²) < 4.78 is 0. The van der Waals surface area contributed by atoms with Crippen molar-refractivity contribution in [2.24, 2.45) is 0 Å². The van der Waals surface area contributed by atoms with Gasteiger partial charge in [-0.2, -0.15) is 5.26 Å². The van der Waals surface area contributed by atoms with Gasteiger partial charge in [-0.1, -0.05) is 42.5 Å². The van der Waals surface area contributed by atoms with Gasteiger partial charge >= 0.3 is 6.03 Å². The van der Waals surface area contributed by atoms with Gasteiger partial charge in [0.15, 0.2) is 0 Å². The van der Waals surface area contributed by atoms with Gasteiger partial charge in [0.05, 0.1) is 11.5 Å². The van der Waals surface area contributed by atoms with Crippen LogP contribution >= 0.6 is 0 Å². The van der Waals surface area contributed by atoms with E-state index in [0.29, 0.717) is 19.5 Å². The van der Waals surface area contributed by atoms with Crippen molar-refractivity contribution in [2.45, 2.75) is 32.2 Å². The molecule has 0 unspecified atom stereocenters. The average molecular weight is 319 g/mol. The molecule has 4 nitrogen and oxygen atoms in total. The average Bonchev–Trinajstić information content (AvgIpc) is 2.61. The van der Waals surface area contributed by atoms with Crippen molar-refractivity contribution in [3.63, 3.8) is 0 Å². The third-order valence-corrected chi connectivity index (χ3v) is 4.67. The molecule has 0 saturated carbocycles. The Balaban J connectivity index is 1.93. The summed E-state index contributed by atoms with van der Waals surface area (Å²) in [5.74, 6) is 0. The minimum Gasteiger partial charge on any atom is -0.320 e. The predicted octanol–water partition coefficient (Wildman–Crippen LogP) is 4.08. The Morgan fingerprint density at radius 2 is 2.00 bits per heavy atom. The molecule has 1 atom stereocenters. The highest BCUT2D eigenvalue weighted by molar-refractivity contribution is 5.92. The molecule has 3 rings (SSSR count). The summed E-state index contributed by atoms with van der Waals surface area (Å²) >= 11 is 0. The predicted molar refractivity (Wildman–Crippen MR) is 94.7 cm³/mol. The summed E-state index contributed by atoms with van der Waals surface area (Å²) in [4.78, 5) is 13.8. The van der Waals surface area contributed by atoms with Crippen LogP contribution in [0.1, 0.15) is 30.5 Å². The Bertz CT molecular complexity index is 794. The molecule has 0 bridgehead atoms. The van der Waals surface area contributed by atoms with E-state index in [-0.39, 0.29) is 6.03 Å². The Morgan fingerprint density at radius 3 is 2.67 bits per heavy atom. The highest BCUT2D eigenvalue weighted by Gasteiger charge is 2.29. The van der Waals surface area contributed by atoms with Crippen molar-refractivity contribution in [1.82, 2.24) is 4.90 Å². The molecule has 1 N–H and O–H groups in total. The van der Waals surface area contributed by atoms with Gasteiger partial charge in [-0.15, -0.1) is 0 Å². The topological polar surface area (TPSA) is 56.1 Å². The van der Waals surface area contributed by atoms with Crippen molar-refractivity contribution in [3.8, 4) is 6.07 Å². The lowest BCUT2D eigenvalue weighted by Gasteiger charge is -2.30. The first kappa shape index (κ1) is 16.1. The van der Waals surface area contributed by atoms with Crippen LogP contribution in [0.4, 0.5) is 10.5 Å². The largest absolute Gasteiger partial charge is 0.322 e. The summed E-state index contributed by atoms with van der Waals surface area (Å²) in [5, 5.41) is 12.7. The molecule has 1 heterocycles. The maximum atomic E-state index is 12.1. The minimum absolute atomic E-state index is 0.0797. The van der Waals surface area contributed by atoms with E-state index in [2.05, 4.69) is 11.4 Å². The number of nitrogens with zero attached hydrogens (tertiary/aromatic N) is 2. The van der Waals surface area contributed by atoms with Gasteiger partial charge in [0.1, 0.15) is 0 Å². The zero-order valence-electron chi connectivity index (χ0n) is 14.0. The number of fused-ring (bicyclic) bond motifs is 1. The number of carbonyl (C=O) groups excluding carboxylic acids is 1. The number of rotatable bonds is 4. The molecule has 0 aromatic heterocycles. The number of hydrogen-bond donors (Lipinski definition) is 1. The second kappa shape index (κ2) is 6.37. The van der Waals surface area contributed by atoms with Gasteiger partial charge < -0.3 is 10.2 Å². The molecule has 1 aliphatic heterocycles. The van der Waals surface area contributed by atoms with Crippen LogP contribution in [0.5, 0.6) is 0 Å². The molecule has 0 saturated heterocycles. The molecule has 2 aromatic carbocycles. The van der Waals surface area contributed by atoms with Gasteiger partial charge in [0.25, 0.3) is 0 Å². The van der Waals surface area contributed by atoms with Gasteiger partial charge in [0.2, 0.25) is 0 Å². The van der Waals surface area contributed by atoms with Gasteiger partial charge in [-0.25, -0.2) is 4.79 Å². The van der Waals surface area contributed by atoms with Crippen molar-refractivity contribution in [1.29, 1.82) is 5.26 Å². The van der Waals surface area contributed by atoms with Gasteiger partial charge in [-0.05, 0) is 43.0 Å². The number of carbonyl (C=O) groups is 1. The fraction of sp³-hybridized carbons (Fsp3) is 0.300. The maximum Gasteiger partial charge on any atom is 0.322 e. The Hall–Kier alpha value is -2.80. The molecular formula is C20H21N3O. The second-order valence-electron chi connectivity index (χ2n) is 6.42. The van der Waals surface area contributed by atoms with E-state index < -0.39 is 5.41 Å². The molecule has 0 aliphatic carbocycles. The standard InChI is InChI=1S/C20H21N3O/c1-3-23-13-16-9-10-17(11-18(16)22-19(23)24)20(2,14-21)12-15-7-5-4-6-8-15/h4-11H,3,12-13H2,1-2H3,(H,22,24)/t20-/m1/s1. The van der Waals surface area contributed by atoms with Crippen LogP contribution in [0, 0.1) is 11.3 Å². The van der Waals surface area contributed by atoms with Crippen LogP contribution in [0.15, 0.2) is 48.5 Å². The lowest BCUT2D eigenvalue weighted by Crippen LogP contribution is -2.38. The first-order chi connectivity index (χ1) is 11.6. The smallest absolute Gasteiger partial charge is 0.320 e. The highest BCUT2D eigenvalue weighted by atomic mass is 16.2. The van der Waals surface area contributed by atoms with Crippen molar-refractivity contribution < 1.29 is 4.79 Å². The molecule has 0 radical (unpaired) electrons. The Morgan fingerprint density at radius 1 is 1.25 bits per heavy atom. The number of nitrogens with one attached hydrogen (secondary N) is 1. The highest BCUT2D eigenvalue weighted by Crippen LogP contribution is 2.32. The minimum atomic E-state index is -0.636. The quantitative estimate of drug-likeness (QED) is 0.923. The van der Waals surface area contributed by atoms with Crippen molar-refractivity contribution in [3.05, 3.63) is 65.2 Å². The van der Waals surface area contributed by atoms with E-state index >= 15 is 0 Å². The summed E-state index contributed by atoms with van der Waals surface area (Å²) in [6, 6.07) is 18.4. The molecule has 4 heteroatoms. The summed E-state index contributed by atoms with van der Waals surface area (Å²) in [7, 11) is 0.